The molecule has 2 aliphatic rings. The third kappa shape index (κ3) is 6.01. The molecular formula is C41H38N8O4. The van der Waals surface area contributed by atoms with Gasteiger partial charge in [0, 0.05) is 52.8 Å². The Kier molecular flexibility index (Phi) is 8.57. The van der Waals surface area contributed by atoms with Crippen LogP contribution in [-0.4, -0.2) is 56.4 Å². The minimum atomic E-state index is -0.136. The van der Waals surface area contributed by atoms with Crippen molar-refractivity contribution in [2.24, 2.45) is 5.11 Å². The van der Waals surface area contributed by atoms with Crippen LogP contribution in [0.2, 0.25) is 0 Å². The normalized spacial score (nSPS) is 14.4. The van der Waals surface area contributed by atoms with Crippen LogP contribution in [0.1, 0.15) is 56.0 Å². The van der Waals surface area contributed by atoms with Crippen LogP contribution in [0.25, 0.3) is 11.4 Å². The molecule has 0 atom stereocenters. The van der Waals surface area contributed by atoms with E-state index in [1.54, 1.807) is 74.8 Å². The van der Waals surface area contributed by atoms with Crippen molar-refractivity contribution in [3.63, 3.8) is 0 Å². The van der Waals surface area contributed by atoms with Gasteiger partial charge in [0.2, 0.25) is 5.69 Å². The van der Waals surface area contributed by atoms with Crippen molar-refractivity contribution in [2.75, 3.05) is 30.0 Å². The average Bonchev–Trinajstić information content (AvgIpc) is 3.74. The van der Waals surface area contributed by atoms with Crippen molar-refractivity contribution in [3.05, 3.63) is 142 Å². The van der Waals surface area contributed by atoms with Gasteiger partial charge < -0.3 is 19.7 Å². The first-order valence-electron chi connectivity index (χ1n) is 17.7. The van der Waals surface area contributed by atoms with E-state index < -0.39 is 0 Å². The quantitative estimate of drug-likeness (QED) is 0.0914. The molecule has 8 rings (SSSR count). The lowest BCUT2D eigenvalue weighted by molar-refractivity contribution is -0.435. The average molecular weight is 707 g/mol. The Morgan fingerprint density at radius 3 is 1.79 bits per heavy atom. The lowest BCUT2D eigenvalue weighted by Crippen LogP contribution is -2.38. The van der Waals surface area contributed by atoms with E-state index in [0.29, 0.717) is 64.9 Å². The minimum absolute atomic E-state index is 0.136. The Labute approximate surface area is 306 Å². The molecule has 12 nitrogen and oxygen atoms in total. The zero-order valence-corrected chi connectivity index (χ0v) is 30.0. The molecular weight excluding hydrogens is 669 g/mol. The second-order valence-electron chi connectivity index (χ2n) is 13.2. The van der Waals surface area contributed by atoms with E-state index in [-0.39, 0.29) is 11.8 Å². The highest BCUT2D eigenvalue weighted by Gasteiger charge is 2.34. The Bertz CT molecular complexity index is 2380. The molecule has 266 valence electrons. The van der Waals surface area contributed by atoms with Gasteiger partial charge in [0.25, 0.3) is 11.8 Å². The number of methoxy groups -OCH3 is 1. The number of anilines is 2. The number of carbonyl (C=O) groups is 2. The van der Waals surface area contributed by atoms with Gasteiger partial charge in [-0.25, -0.2) is 9.36 Å². The van der Waals surface area contributed by atoms with Gasteiger partial charge in [0.05, 0.1) is 29.9 Å². The number of amides is 2. The summed E-state index contributed by atoms with van der Waals surface area (Å²) in [4.78, 5) is 31.8. The maximum absolute atomic E-state index is 14.0. The van der Waals surface area contributed by atoms with Crippen LogP contribution >= 0.6 is 0 Å². The molecule has 0 aliphatic carbocycles. The molecule has 4 aromatic carbocycles. The first-order valence-corrected chi connectivity index (χ1v) is 17.7. The highest BCUT2D eigenvalue weighted by molar-refractivity contribution is 6.08. The predicted molar refractivity (Wildman–Crippen MR) is 202 cm³/mol. The third-order valence-corrected chi connectivity index (χ3v) is 10.00. The maximum atomic E-state index is 14.0. The molecule has 4 heterocycles. The number of aromatic nitrogens is 4. The number of ether oxygens (including phenoxy) is 1. The van der Waals surface area contributed by atoms with Crippen LogP contribution in [0.4, 0.5) is 22.7 Å². The number of azo groups is 1. The Morgan fingerprint density at radius 2 is 1.21 bits per heavy atom. The van der Waals surface area contributed by atoms with Gasteiger partial charge in [-0.1, -0.05) is 29.5 Å². The van der Waals surface area contributed by atoms with Gasteiger partial charge in [-0.2, -0.15) is 10.2 Å². The number of hydrogen-bond donors (Lipinski definition) is 0. The second-order valence-corrected chi connectivity index (χ2v) is 13.2. The van der Waals surface area contributed by atoms with Crippen LogP contribution < -0.4 is 14.5 Å². The standard InChI is InChI=1S/C41H38N8O4/c1-5-37-36-23-25-46(41(51)39(36)48(44-37)32-18-20-34(53-4)21-19-32)29-12-8-28(9-13-29)43-49(52)33-16-14-30(15-17-33)45-24-22-35-27(3)42-47(38(35)40(45)50)31-10-6-26(2)7-11-31/h6-21H,5,22-25H2,1-4H3. The summed E-state index contributed by atoms with van der Waals surface area (Å²) in [5.41, 5.74) is 9.71. The van der Waals surface area contributed by atoms with E-state index >= 15 is 0 Å². The van der Waals surface area contributed by atoms with Crippen molar-refractivity contribution in [3.8, 4) is 17.1 Å². The summed E-state index contributed by atoms with van der Waals surface area (Å²) in [6, 6.07) is 29.3. The molecule has 2 aromatic heterocycles. The van der Waals surface area contributed by atoms with Crippen molar-refractivity contribution in [2.45, 2.75) is 40.0 Å². The molecule has 0 saturated heterocycles. The Morgan fingerprint density at radius 1 is 0.698 bits per heavy atom. The molecule has 12 heteroatoms. The summed E-state index contributed by atoms with van der Waals surface area (Å²) < 4.78 is 8.77. The van der Waals surface area contributed by atoms with E-state index in [0.717, 1.165) is 51.6 Å². The molecule has 0 fully saturated rings. The Hall–Kier alpha value is -6.56. The lowest BCUT2D eigenvalue weighted by atomic mass is 10.0. The van der Waals surface area contributed by atoms with E-state index in [1.165, 1.54) is 0 Å². The topological polar surface area (TPSA) is 124 Å². The maximum Gasteiger partial charge on any atom is 0.277 e. The molecule has 0 spiro atoms. The number of rotatable bonds is 8. The molecule has 0 bridgehead atoms. The molecule has 53 heavy (non-hydrogen) atoms. The summed E-state index contributed by atoms with van der Waals surface area (Å²) in [7, 11) is 1.62. The fourth-order valence-corrected chi connectivity index (χ4v) is 7.14. The Balaban J connectivity index is 0.987. The predicted octanol–water partition coefficient (Wildman–Crippen LogP) is 7.58. The first-order chi connectivity index (χ1) is 25.7. The van der Waals surface area contributed by atoms with Crippen LogP contribution in [0.3, 0.4) is 0 Å². The number of fused-ring (bicyclic) bond motifs is 2. The number of hydrogen-bond acceptors (Lipinski definition) is 7. The fourth-order valence-electron chi connectivity index (χ4n) is 7.14. The molecule has 0 unspecified atom stereocenters. The van der Waals surface area contributed by atoms with Gasteiger partial charge in [-0.3, -0.25) is 9.59 Å². The smallest absolute Gasteiger partial charge is 0.277 e. The molecule has 2 aliphatic heterocycles. The van der Waals surface area contributed by atoms with Crippen LogP contribution in [-0.2, 0) is 19.3 Å². The summed E-state index contributed by atoms with van der Waals surface area (Å²) >= 11 is 0. The van der Waals surface area contributed by atoms with Gasteiger partial charge in [-0.15, -0.1) is 0 Å². The molecule has 6 aromatic rings. The zero-order chi connectivity index (χ0) is 36.8. The molecule has 2 amide bonds. The van der Waals surface area contributed by atoms with Crippen molar-refractivity contribution >= 4 is 34.6 Å². The number of carbonyl (C=O) groups excluding carboxylic acids is 2. The van der Waals surface area contributed by atoms with Crippen molar-refractivity contribution < 1.29 is 19.2 Å². The molecule has 0 N–H and O–H groups in total. The van der Waals surface area contributed by atoms with E-state index in [4.69, 9.17) is 14.9 Å². The lowest BCUT2D eigenvalue weighted by Gasteiger charge is -2.28. The van der Waals surface area contributed by atoms with Crippen molar-refractivity contribution in [1.29, 1.82) is 0 Å². The highest BCUT2D eigenvalue weighted by atomic mass is 16.5. The molecule has 0 radical (unpaired) electrons. The largest absolute Gasteiger partial charge is 0.594 e. The van der Waals surface area contributed by atoms with Gasteiger partial charge in [0.1, 0.15) is 22.8 Å². The monoisotopic (exact) mass is 706 g/mol. The van der Waals surface area contributed by atoms with E-state index in [9.17, 15) is 14.8 Å². The SMILES string of the molecule is CCc1nn(-c2ccc(OC)cc2)c2c1CCN(c1ccc(N=[N+]([O-])c3ccc(N4CCc5c(C)nn(-c6ccc(C)cc6)c5C4=O)cc3)cc1)C2=O. The summed E-state index contributed by atoms with van der Waals surface area (Å²) in [5, 5.41) is 26.9. The number of benzene rings is 4. The van der Waals surface area contributed by atoms with E-state index in [2.05, 4.69) is 5.11 Å². The van der Waals surface area contributed by atoms with Crippen LogP contribution in [0, 0.1) is 19.1 Å². The number of aryl methyl sites for hydroxylation is 3. The summed E-state index contributed by atoms with van der Waals surface area (Å²) in [6.07, 6.45) is 2.08. The zero-order valence-electron chi connectivity index (χ0n) is 30.0. The fraction of sp³-hybridized carbons (Fsp3) is 0.220. The van der Waals surface area contributed by atoms with E-state index in [1.807, 2.05) is 69.3 Å². The van der Waals surface area contributed by atoms with Gasteiger partial charge in [-0.05, 0) is 106 Å². The van der Waals surface area contributed by atoms with Gasteiger partial charge in [0.15, 0.2) is 0 Å². The van der Waals surface area contributed by atoms with Crippen molar-refractivity contribution in [1.82, 2.24) is 19.6 Å². The second kappa shape index (κ2) is 13.5. The molecule has 0 saturated carbocycles. The minimum Gasteiger partial charge on any atom is -0.594 e. The highest BCUT2D eigenvalue weighted by Crippen LogP contribution is 2.32. The van der Waals surface area contributed by atoms with Crippen LogP contribution in [0.5, 0.6) is 5.75 Å². The summed E-state index contributed by atoms with van der Waals surface area (Å²) in [5.74, 6) is 0.453. The first kappa shape index (κ1) is 33.6. The van der Waals surface area contributed by atoms with Crippen LogP contribution in [0.15, 0.2) is 102 Å². The van der Waals surface area contributed by atoms with Gasteiger partial charge >= 0.3 is 0 Å². The summed E-state index contributed by atoms with van der Waals surface area (Å²) in [6.45, 7) is 7.02. The number of nitrogens with zero attached hydrogens (tertiary/aromatic N) is 8. The third-order valence-electron chi connectivity index (χ3n) is 10.00.